The maximum absolute atomic E-state index is 6.08. The normalized spacial score (nSPS) is 10.5. The van der Waals surface area contributed by atoms with Gasteiger partial charge >= 0.3 is 0 Å². The van der Waals surface area contributed by atoms with Crippen molar-refractivity contribution in [1.82, 2.24) is 9.97 Å². The first-order chi connectivity index (χ1) is 11.6. The van der Waals surface area contributed by atoms with Gasteiger partial charge in [0.15, 0.2) is 10.3 Å². The Morgan fingerprint density at radius 3 is 1.25 bits per heavy atom. The summed E-state index contributed by atoms with van der Waals surface area (Å²) in [6.45, 7) is 0. The fraction of sp³-hybridized carbons (Fsp3) is 0.111. The highest BCUT2D eigenvalue weighted by Gasteiger charge is 2.15. The van der Waals surface area contributed by atoms with Gasteiger partial charge in [-0.05, 0) is 48.5 Å². The molecular formula is C18H14Cl2N2O2. The zero-order valence-corrected chi connectivity index (χ0v) is 14.6. The fourth-order valence-electron chi connectivity index (χ4n) is 2.29. The van der Waals surface area contributed by atoms with E-state index in [1.54, 1.807) is 14.2 Å². The van der Waals surface area contributed by atoms with Crippen molar-refractivity contribution in [3.63, 3.8) is 0 Å². The third kappa shape index (κ3) is 3.30. The van der Waals surface area contributed by atoms with Gasteiger partial charge in [-0.1, -0.05) is 23.2 Å². The Labute approximate surface area is 150 Å². The molecule has 0 atom stereocenters. The number of rotatable bonds is 4. The van der Waals surface area contributed by atoms with Crippen molar-refractivity contribution in [2.45, 2.75) is 0 Å². The van der Waals surface area contributed by atoms with Gasteiger partial charge in [-0.15, -0.1) is 0 Å². The predicted octanol–water partition coefficient (Wildman–Crippen LogP) is 5.13. The number of hydrogen-bond donors (Lipinski definition) is 0. The van der Waals surface area contributed by atoms with Gasteiger partial charge in [0.05, 0.1) is 25.6 Å². The molecule has 0 amide bonds. The van der Waals surface area contributed by atoms with Crippen LogP contribution in [-0.2, 0) is 0 Å². The van der Waals surface area contributed by atoms with Crippen molar-refractivity contribution >= 4 is 23.2 Å². The van der Waals surface area contributed by atoms with Crippen LogP contribution in [0.5, 0.6) is 11.5 Å². The number of nitrogens with zero attached hydrogens (tertiary/aromatic N) is 2. The Morgan fingerprint density at radius 1 is 0.625 bits per heavy atom. The second-order valence-electron chi connectivity index (χ2n) is 4.96. The van der Waals surface area contributed by atoms with E-state index < -0.39 is 0 Å². The molecule has 2 aromatic carbocycles. The molecule has 0 fully saturated rings. The Morgan fingerprint density at radius 2 is 0.958 bits per heavy atom. The standard InChI is InChI=1S/C18H14Cl2N2O2/c1-23-13-7-3-11(4-8-13)15-16(22-18(20)17(19)21-15)12-5-9-14(24-2)10-6-12/h3-10H,1-2H3. The van der Waals surface area contributed by atoms with E-state index in [0.29, 0.717) is 11.4 Å². The van der Waals surface area contributed by atoms with Crippen LogP contribution in [0, 0.1) is 0 Å². The lowest BCUT2D eigenvalue weighted by Gasteiger charge is -2.11. The van der Waals surface area contributed by atoms with Crippen LogP contribution in [0.15, 0.2) is 48.5 Å². The first-order valence-corrected chi connectivity index (χ1v) is 7.90. The summed E-state index contributed by atoms with van der Waals surface area (Å²) in [6.07, 6.45) is 0. The highest BCUT2D eigenvalue weighted by molar-refractivity contribution is 6.40. The zero-order valence-electron chi connectivity index (χ0n) is 13.1. The van der Waals surface area contributed by atoms with E-state index in [2.05, 4.69) is 9.97 Å². The van der Waals surface area contributed by atoms with Crippen molar-refractivity contribution in [3.8, 4) is 34.0 Å². The molecule has 0 unspecified atom stereocenters. The van der Waals surface area contributed by atoms with Crippen LogP contribution < -0.4 is 9.47 Å². The quantitative estimate of drug-likeness (QED) is 0.646. The van der Waals surface area contributed by atoms with Crippen LogP contribution in [0.25, 0.3) is 22.5 Å². The van der Waals surface area contributed by atoms with Crippen LogP contribution in [0.2, 0.25) is 10.3 Å². The van der Waals surface area contributed by atoms with Gasteiger partial charge in [-0.2, -0.15) is 0 Å². The molecule has 0 aliphatic carbocycles. The van der Waals surface area contributed by atoms with Gasteiger partial charge in [0.2, 0.25) is 0 Å². The lowest BCUT2D eigenvalue weighted by Crippen LogP contribution is -1.96. The molecule has 0 saturated carbocycles. The van der Waals surface area contributed by atoms with Crippen LogP contribution in [0.4, 0.5) is 0 Å². The van der Waals surface area contributed by atoms with Crippen molar-refractivity contribution in [2.75, 3.05) is 14.2 Å². The topological polar surface area (TPSA) is 44.2 Å². The SMILES string of the molecule is COc1ccc(-c2nc(Cl)c(Cl)nc2-c2ccc(OC)cc2)cc1. The molecule has 3 aromatic rings. The Kier molecular flexibility index (Phi) is 4.88. The molecule has 4 nitrogen and oxygen atoms in total. The van der Waals surface area contributed by atoms with Gasteiger partial charge in [-0.3, -0.25) is 0 Å². The summed E-state index contributed by atoms with van der Waals surface area (Å²) >= 11 is 12.2. The lowest BCUT2D eigenvalue weighted by atomic mass is 10.0. The van der Waals surface area contributed by atoms with Crippen LogP contribution in [0.1, 0.15) is 0 Å². The minimum Gasteiger partial charge on any atom is -0.497 e. The van der Waals surface area contributed by atoms with E-state index in [9.17, 15) is 0 Å². The molecule has 0 radical (unpaired) electrons. The average Bonchev–Trinajstić information content (AvgIpc) is 2.64. The van der Waals surface area contributed by atoms with E-state index >= 15 is 0 Å². The number of hydrogen-bond acceptors (Lipinski definition) is 4. The van der Waals surface area contributed by atoms with Gasteiger partial charge in [0.1, 0.15) is 11.5 Å². The van der Waals surface area contributed by atoms with E-state index in [-0.39, 0.29) is 10.3 Å². The monoisotopic (exact) mass is 360 g/mol. The number of benzene rings is 2. The van der Waals surface area contributed by atoms with E-state index in [4.69, 9.17) is 32.7 Å². The summed E-state index contributed by atoms with van der Waals surface area (Å²) < 4.78 is 10.4. The zero-order chi connectivity index (χ0) is 17.1. The average molecular weight is 361 g/mol. The van der Waals surface area contributed by atoms with Crippen molar-refractivity contribution in [1.29, 1.82) is 0 Å². The summed E-state index contributed by atoms with van der Waals surface area (Å²) in [5.41, 5.74) is 3.04. The van der Waals surface area contributed by atoms with Gasteiger partial charge in [-0.25, -0.2) is 9.97 Å². The van der Waals surface area contributed by atoms with Crippen LogP contribution in [0.3, 0.4) is 0 Å². The predicted molar refractivity (Wildman–Crippen MR) is 96.0 cm³/mol. The minimum absolute atomic E-state index is 0.166. The van der Waals surface area contributed by atoms with E-state index in [1.165, 1.54) is 0 Å². The molecule has 0 spiro atoms. The molecule has 24 heavy (non-hydrogen) atoms. The molecule has 122 valence electrons. The molecule has 0 saturated heterocycles. The second kappa shape index (κ2) is 7.07. The molecule has 1 aromatic heterocycles. The van der Waals surface area contributed by atoms with Gasteiger partial charge in [0, 0.05) is 11.1 Å². The third-order valence-corrected chi connectivity index (χ3v) is 4.17. The third-order valence-electron chi connectivity index (χ3n) is 3.54. The minimum atomic E-state index is 0.166. The molecule has 0 aliphatic rings. The highest BCUT2D eigenvalue weighted by Crippen LogP contribution is 2.34. The maximum atomic E-state index is 6.08. The van der Waals surface area contributed by atoms with E-state index in [0.717, 1.165) is 22.6 Å². The smallest absolute Gasteiger partial charge is 0.167 e. The molecule has 0 N–H and O–H groups in total. The molecule has 1 heterocycles. The maximum Gasteiger partial charge on any atom is 0.167 e. The van der Waals surface area contributed by atoms with Crippen molar-refractivity contribution in [2.24, 2.45) is 0 Å². The summed E-state index contributed by atoms with van der Waals surface area (Å²) in [7, 11) is 3.24. The number of halogens is 2. The first-order valence-electron chi connectivity index (χ1n) is 7.14. The first kappa shape index (κ1) is 16.6. The Hall–Kier alpha value is -2.30. The number of methoxy groups -OCH3 is 2. The molecule has 6 heteroatoms. The van der Waals surface area contributed by atoms with Crippen molar-refractivity contribution < 1.29 is 9.47 Å². The molecule has 0 bridgehead atoms. The second-order valence-corrected chi connectivity index (χ2v) is 5.68. The highest BCUT2D eigenvalue weighted by atomic mass is 35.5. The van der Waals surface area contributed by atoms with E-state index in [1.807, 2.05) is 48.5 Å². The Balaban J connectivity index is 2.14. The fourth-order valence-corrected chi connectivity index (χ4v) is 2.55. The van der Waals surface area contributed by atoms with Gasteiger partial charge in [0.25, 0.3) is 0 Å². The Bertz CT molecular complexity index is 778. The molecular weight excluding hydrogens is 347 g/mol. The summed E-state index contributed by atoms with van der Waals surface area (Å²) in [5.74, 6) is 1.52. The number of ether oxygens (including phenoxy) is 2. The van der Waals surface area contributed by atoms with Crippen LogP contribution in [-0.4, -0.2) is 24.2 Å². The summed E-state index contributed by atoms with van der Waals surface area (Å²) in [5, 5.41) is 0.333. The summed E-state index contributed by atoms with van der Waals surface area (Å²) in [6, 6.07) is 15.0. The molecule has 0 aliphatic heterocycles. The largest absolute Gasteiger partial charge is 0.497 e. The van der Waals surface area contributed by atoms with Crippen LogP contribution >= 0.6 is 23.2 Å². The molecule has 3 rings (SSSR count). The van der Waals surface area contributed by atoms with Gasteiger partial charge < -0.3 is 9.47 Å². The van der Waals surface area contributed by atoms with Crippen molar-refractivity contribution in [3.05, 3.63) is 58.8 Å². The lowest BCUT2D eigenvalue weighted by molar-refractivity contribution is 0.414. The summed E-state index contributed by atoms with van der Waals surface area (Å²) in [4.78, 5) is 8.83. The number of aromatic nitrogens is 2.